The molecule has 0 unspecified atom stereocenters. The lowest BCUT2D eigenvalue weighted by atomic mass is 10.1. The highest BCUT2D eigenvalue weighted by Gasteiger charge is 2.26. The van der Waals surface area contributed by atoms with E-state index in [2.05, 4.69) is 4.90 Å². The molecule has 9 heteroatoms. The monoisotopic (exact) mass is 479 g/mol. The molecule has 1 saturated heterocycles. The molecule has 0 atom stereocenters. The molecule has 31 heavy (non-hydrogen) atoms. The second-order valence-corrected chi connectivity index (χ2v) is 9.12. The van der Waals surface area contributed by atoms with Crippen molar-refractivity contribution in [3.63, 3.8) is 0 Å². The van der Waals surface area contributed by atoms with E-state index in [1.807, 2.05) is 19.1 Å². The van der Waals surface area contributed by atoms with Crippen LogP contribution >= 0.6 is 34.5 Å². The number of nitrogens with zero attached hydrogens (tertiary/aromatic N) is 3. The Morgan fingerprint density at radius 3 is 2.77 bits per heavy atom. The van der Waals surface area contributed by atoms with Gasteiger partial charge in [-0.2, -0.15) is 0 Å². The Morgan fingerprint density at radius 2 is 2.03 bits per heavy atom. The van der Waals surface area contributed by atoms with Crippen LogP contribution in [0.5, 0.6) is 5.75 Å². The van der Waals surface area contributed by atoms with Gasteiger partial charge in [0, 0.05) is 36.2 Å². The minimum atomic E-state index is -0.199. The Kier molecular flexibility index (Phi) is 6.99. The van der Waals surface area contributed by atoms with Gasteiger partial charge in [0.05, 0.1) is 36.1 Å². The second kappa shape index (κ2) is 9.71. The van der Waals surface area contributed by atoms with Crippen LogP contribution in [0, 0.1) is 6.92 Å². The zero-order chi connectivity index (χ0) is 22.0. The summed E-state index contributed by atoms with van der Waals surface area (Å²) in [7, 11) is 1.54. The number of hydrogen-bond acceptors (Lipinski definition) is 6. The molecule has 1 aliphatic heterocycles. The summed E-state index contributed by atoms with van der Waals surface area (Å²) >= 11 is 14.0. The highest BCUT2D eigenvalue weighted by Crippen LogP contribution is 2.35. The van der Waals surface area contributed by atoms with Gasteiger partial charge in [-0.15, -0.1) is 0 Å². The van der Waals surface area contributed by atoms with Gasteiger partial charge >= 0.3 is 0 Å². The summed E-state index contributed by atoms with van der Waals surface area (Å²) in [4.78, 5) is 22.4. The average molecular weight is 480 g/mol. The average Bonchev–Trinajstić information content (AvgIpc) is 3.22. The number of morpholine rings is 1. The van der Waals surface area contributed by atoms with E-state index in [-0.39, 0.29) is 5.91 Å². The van der Waals surface area contributed by atoms with E-state index in [1.54, 1.807) is 30.2 Å². The number of aromatic nitrogens is 1. The number of aryl methyl sites for hydroxylation is 1. The number of halogens is 2. The third-order valence-corrected chi connectivity index (χ3v) is 7.04. The molecule has 0 aliphatic carbocycles. The van der Waals surface area contributed by atoms with E-state index in [4.69, 9.17) is 37.7 Å². The molecule has 0 N–H and O–H groups in total. The highest BCUT2D eigenvalue weighted by atomic mass is 35.5. The molecule has 1 aliphatic rings. The molecule has 0 saturated carbocycles. The van der Waals surface area contributed by atoms with E-state index in [9.17, 15) is 4.79 Å². The largest absolute Gasteiger partial charge is 0.496 e. The van der Waals surface area contributed by atoms with Gasteiger partial charge in [-0.25, -0.2) is 4.98 Å². The Morgan fingerprint density at radius 1 is 1.26 bits per heavy atom. The molecule has 2 heterocycles. The van der Waals surface area contributed by atoms with Gasteiger partial charge in [0.1, 0.15) is 5.75 Å². The molecule has 1 amide bonds. The van der Waals surface area contributed by atoms with Crippen LogP contribution in [0.4, 0.5) is 5.13 Å². The molecular weight excluding hydrogens is 457 g/mol. The zero-order valence-corrected chi connectivity index (χ0v) is 19.7. The summed E-state index contributed by atoms with van der Waals surface area (Å²) in [5.74, 6) is 0.279. The van der Waals surface area contributed by atoms with Gasteiger partial charge in [0.2, 0.25) is 0 Å². The predicted molar refractivity (Wildman–Crippen MR) is 126 cm³/mol. The summed E-state index contributed by atoms with van der Waals surface area (Å²) in [6.45, 7) is 6.24. The third-order valence-electron chi connectivity index (χ3n) is 5.35. The van der Waals surface area contributed by atoms with Crippen LogP contribution in [0.25, 0.3) is 10.2 Å². The Bertz CT molecular complexity index is 1100. The van der Waals surface area contributed by atoms with Crippen molar-refractivity contribution in [2.45, 2.75) is 6.92 Å². The number of benzene rings is 2. The second-order valence-electron chi connectivity index (χ2n) is 7.27. The third kappa shape index (κ3) is 4.81. The number of amides is 1. The maximum atomic E-state index is 13.7. The molecule has 3 aromatic rings. The Labute approximate surface area is 195 Å². The number of anilines is 1. The van der Waals surface area contributed by atoms with Crippen LogP contribution in [-0.2, 0) is 4.74 Å². The van der Waals surface area contributed by atoms with Crippen molar-refractivity contribution in [1.29, 1.82) is 0 Å². The van der Waals surface area contributed by atoms with Gasteiger partial charge < -0.3 is 9.47 Å². The van der Waals surface area contributed by atoms with Crippen LogP contribution in [0.3, 0.4) is 0 Å². The SMILES string of the molecule is COc1ccc(Cl)cc1C(=O)N(CCN1CCOCC1)c1nc2c(C)c(Cl)ccc2s1. The molecule has 2 aromatic carbocycles. The number of fused-ring (bicyclic) bond motifs is 1. The maximum Gasteiger partial charge on any atom is 0.263 e. The Hall–Kier alpha value is -1.90. The molecule has 6 nitrogen and oxygen atoms in total. The van der Waals surface area contributed by atoms with Crippen LogP contribution in [-0.4, -0.2) is 62.3 Å². The highest BCUT2D eigenvalue weighted by molar-refractivity contribution is 7.22. The first-order valence-corrected chi connectivity index (χ1v) is 11.6. The van der Waals surface area contributed by atoms with E-state index in [0.29, 0.717) is 52.8 Å². The maximum absolute atomic E-state index is 13.7. The van der Waals surface area contributed by atoms with E-state index in [0.717, 1.165) is 28.9 Å². The predicted octanol–water partition coefficient (Wildman–Crippen LogP) is 4.90. The van der Waals surface area contributed by atoms with Crippen molar-refractivity contribution < 1.29 is 14.3 Å². The fourth-order valence-corrected chi connectivity index (χ4v) is 4.92. The van der Waals surface area contributed by atoms with E-state index in [1.165, 1.54) is 11.3 Å². The van der Waals surface area contributed by atoms with Crippen LogP contribution in [0.2, 0.25) is 10.0 Å². The van der Waals surface area contributed by atoms with Crippen molar-refractivity contribution in [3.05, 3.63) is 51.5 Å². The first-order chi connectivity index (χ1) is 15.0. The van der Waals surface area contributed by atoms with Crippen molar-refractivity contribution in [2.24, 2.45) is 0 Å². The molecule has 0 bridgehead atoms. The lowest BCUT2D eigenvalue weighted by Crippen LogP contribution is -2.43. The fraction of sp³-hybridized carbons (Fsp3) is 0.364. The molecule has 164 valence electrons. The lowest BCUT2D eigenvalue weighted by molar-refractivity contribution is 0.0391. The van der Waals surface area contributed by atoms with E-state index < -0.39 is 0 Å². The summed E-state index contributed by atoms with van der Waals surface area (Å²) in [6.07, 6.45) is 0. The van der Waals surface area contributed by atoms with Crippen LogP contribution < -0.4 is 9.64 Å². The van der Waals surface area contributed by atoms with Crippen molar-refractivity contribution >= 4 is 55.8 Å². The smallest absolute Gasteiger partial charge is 0.263 e. The van der Waals surface area contributed by atoms with Crippen molar-refractivity contribution in [2.75, 3.05) is 51.4 Å². The van der Waals surface area contributed by atoms with Gasteiger partial charge in [-0.05, 0) is 42.8 Å². The lowest BCUT2D eigenvalue weighted by Gasteiger charge is -2.29. The number of carbonyl (C=O) groups is 1. The standard InChI is InChI=1S/C22H23Cl2N3O3S/c1-14-17(24)4-6-19-20(14)25-22(31-19)27(8-7-26-9-11-30-12-10-26)21(28)16-13-15(23)3-5-18(16)29-2/h3-6,13H,7-12H2,1-2H3. The summed E-state index contributed by atoms with van der Waals surface area (Å²) < 4.78 is 11.9. The number of rotatable bonds is 6. The Balaban J connectivity index is 1.71. The number of carbonyl (C=O) groups excluding carboxylic acids is 1. The number of methoxy groups -OCH3 is 1. The number of ether oxygens (including phenoxy) is 2. The molecular formula is C22H23Cl2N3O3S. The quantitative estimate of drug-likeness (QED) is 0.503. The number of hydrogen-bond donors (Lipinski definition) is 0. The van der Waals surface area contributed by atoms with Gasteiger partial charge in [-0.3, -0.25) is 14.6 Å². The first kappa shape index (κ1) is 22.3. The van der Waals surface area contributed by atoms with Gasteiger partial charge in [-0.1, -0.05) is 34.5 Å². The molecule has 1 aromatic heterocycles. The molecule has 0 spiro atoms. The topological polar surface area (TPSA) is 54.9 Å². The van der Waals surface area contributed by atoms with Crippen LogP contribution in [0.15, 0.2) is 30.3 Å². The molecule has 0 radical (unpaired) electrons. The normalized spacial score (nSPS) is 14.7. The summed E-state index contributed by atoms with van der Waals surface area (Å²) in [5.41, 5.74) is 2.13. The minimum Gasteiger partial charge on any atom is -0.496 e. The van der Waals surface area contributed by atoms with Crippen LogP contribution in [0.1, 0.15) is 15.9 Å². The first-order valence-electron chi connectivity index (χ1n) is 9.99. The summed E-state index contributed by atoms with van der Waals surface area (Å²) in [5, 5.41) is 1.76. The van der Waals surface area contributed by atoms with Crippen molar-refractivity contribution in [1.82, 2.24) is 9.88 Å². The van der Waals surface area contributed by atoms with Crippen molar-refractivity contribution in [3.8, 4) is 5.75 Å². The van der Waals surface area contributed by atoms with Gasteiger partial charge in [0.25, 0.3) is 5.91 Å². The molecule has 4 rings (SSSR count). The summed E-state index contributed by atoms with van der Waals surface area (Å²) in [6, 6.07) is 8.85. The number of thiazole rings is 1. The zero-order valence-electron chi connectivity index (χ0n) is 17.4. The van der Waals surface area contributed by atoms with Gasteiger partial charge in [0.15, 0.2) is 5.13 Å². The fourth-order valence-electron chi connectivity index (χ4n) is 3.55. The van der Waals surface area contributed by atoms with E-state index >= 15 is 0 Å². The molecule has 1 fully saturated rings. The minimum absolute atomic E-state index is 0.199.